The molecule has 0 saturated heterocycles. The lowest BCUT2D eigenvalue weighted by atomic mass is 9.95. The molecule has 4 aromatic rings. The third-order valence-electron chi connectivity index (χ3n) is 4.81. The lowest BCUT2D eigenvalue weighted by Crippen LogP contribution is -2.04. The topological polar surface area (TPSA) is 43.6 Å². The first-order valence-electron chi connectivity index (χ1n) is 8.82. The largest absolute Gasteiger partial charge is 0.278 e. The molecule has 1 aliphatic rings. The number of fused-ring (bicyclic) bond motifs is 3. The Labute approximate surface area is 166 Å². The molecule has 0 aliphatic carbocycles. The smallest absolute Gasteiger partial charge is 0.168 e. The van der Waals surface area contributed by atoms with Crippen molar-refractivity contribution in [3.8, 4) is 17.1 Å². The molecule has 0 fully saturated rings. The van der Waals surface area contributed by atoms with Crippen LogP contribution in [0.25, 0.3) is 22.6 Å². The van der Waals surface area contributed by atoms with Crippen molar-refractivity contribution in [1.82, 2.24) is 19.7 Å². The van der Waals surface area contributed by atoms with Gasteiger partial charge in [-0.25, -0.2) is 4.39 Å². The van der Waals surface area contributed by atoms with Crippen LogP contribution in [-0.2, 0) is 6.42 Å². The fourth-order valence-corrected chi connectivity index (χ4v) is 3.72. The second-order valence-electron chi connectivity index (χ2n) is 6.47. The zero-order chi connectivity index (χ0) is 19.1. The quantitative estimate of drug-likeness (QED) is 0.479. The van der Waals surface area contributed by atoms with Crippen molar-refractivity contribution in [2.24, 2.45) is 0 Å². The molecule has 0 unspecified atom stereocenters. The van der Waals surface area contributed by atoms with E-state index in [1.165, 1.54) is 6.07 Å². The Morgan fingerprint density at radius 3 is 2.57 bits per heavy atom. The van der Waals surface area contributed by atoms with E-state index in [2.05, 4.69) is 15.2 Å². The molecule has 5 rings (SSSR count). The maximum Gasteiger partial charge on any atom is 0.168 e. The maximum absolute atomic E-state index is 14.6. The summed E-state index contributed by atoms with van der Waals surface area (Å²) >= 11 is 6.31. The fraction of sp³-hybridized carbons (Fsp3) is 0.0455. The number of nitrogens with zero attached hydrogens (tertiary/aromatic N) is 4. The monoisotopic (exact) mass is 388 g/mol. The third kappa shape index (κ3) is 2.72. The highest BCUT2D eigenvalue weighted by Crippen LogP contribution is 2.37. The van der Waals surface area contributed by atoms with Crippen LogP contribution in [-0.4, -0.2) is 19.7 Å². The van der Waals surface area contributed by atoms with Crippen LogP contribution in [0, 0.1) is 5.82 Å². The van der Waals surface area contributed by atoms with Gasteiger partial charge in [0.1, 0.15) is 11.6 Å². The van der Waals surface area contributed by atoms with E-state index in [9.17, 15) is 4.39 Å². The minimum Gasteiger partial charge on any atom is -0.278 e. The summed E-state index contributed by atoms with van der Waals surface area (Å²) in [5.74, 6) is 1.22. The summed E-state index contributed by atoms with van der Waals surface area (Å²) in [6.07, 6.45) is 5.95. The molecule has 0 spiro atoms. The molecule has 28 heavy (non-hydrogen) atoms. The highest BCUT2D eigenvalue weighted by atomic mass is 35.5. The van der Waals surface area contributed by atoms with Crippen molar-refractivity contribution in [2.45, 2.75) is 6.42 Å². The number of halogens is 2. The number of allylic oxidation sites excluding steroid dienone is 1. The van der Waals surface area contributed by atoms with Gasteiger partial charge in [-0.2, -0.15) is 0 Å². The van der Waals surface area contributed by atoms with Gasteiger partial charge in [-0.05, 0) is 42.0 Å². The molecule has 0 saturated carbocycles. The molecule has 0 bridgehead atoms. The summed E-state index contributed by atoms with van der Waals surface area (Å²) in [6, 6.07) is 16.2. The van der Waals surface area contributed by atoms with Gasteiger partial charge in [0.05, 0.1) is 5.69 Å². The van der Waals surface area contributed by atoms with E-state index in [4.69, 9.17) is 11.6 Å². The van der Waals surface area contributed by atoms with Crippen molar-refractivity contribution < 1.29 is 4.39 Å². The second kappa shape index (κ2) is 6.69. The molecule has 1 aliphatic heterocycles. The number of rotatable bonds is 2. The number of hydrogen-bond acceptors (Lipinski definition) is 3. The molecule has 4 nitrogen and oxygen atoms in total. The summed E-state index contributed by atoms with van der Waals surface area (Å²) in [7, 11) is 0. The van der Waals surface area contributed by atoms with Gasteiger partial charge < -0.3 is 0 Å². The molecule has 0 amide bonds. The maximum atomic E-state index is 14.6. The molecule has 2 aromatic carbocycles. The minimum atomic E-state index is -0.272. The van der Waals surface area contributed by atoms with Gasteiger partial charge in [-0.15, -0.1) is 10.2 Å². The fourth-order valence-electron chi connectivity index (χ4n) is 3.55. The molecule has 136 valence electrons. The molecule has 0 N–H and O–H groups in total. The van der Waals surface area contributed by atoms with E-state index in [0.29, 0.717) is 22.8 Å². The van der Waals surface area contributed by atoms with E-state index >= 15 is 0 Å². The number of hydrogen-bond donors (Lipinski definition) is 0. The van der Waals surface area contributed by atoms with Crippen molar-refractivity contribution in [3.05, 3.63) is 101 Å². The van der Waals surface area contributed by atoms with E-state index < -0.39 is 0 Å². The molecular weight excluding hydrogens is 375 g/mol. The molecule has 0 radical (unpaired) electrons. The number of pyridine rings is 1. The minimum absolute atomic E-state index is 0.272. The Bertz CT molecular complexity index is 1210. The summed E-state index contributed by atoms with van der Waals surface area (Å²) in [5.41, 5.74) is 3.94. The first-order chi connectivity index (χ1) is 13.7. The van der Waals surface area contributed by atoms with Gasteiger partial charge in [0, 0.05) is 40.5 Å². The van der Waals surface area contributed by atoms with Crippen LogP contribution < -0.4 is 0 Å². The Morgan fingerprint density at radius 1 is 0.929 bits per heavy atom. The normalized spacial score (nSPS) is 12.7. The third-order valence-corrected chi connectivity index (χ3v) is 5.05. The van der Waals surface area contributed by atoms with Crippen LogP contribution in [0.2, 0.25) is 5.02 Å². The van der Waals surface area contributed by atoms with Gasteiger partial charge in [0.2, 0.25) is 0 Å². The zero-order valence-corrected chi connectivity index (χ0v) is 15.4. The number of benzene rings is 2. The average molecular weight is 389 g/mol. The van der Waals surface area contributed by atoms with Crippen LogP contribution in [0.15, 0.2) is 73.1 Å². The van der Waals surface area contributed by atoms with Crippen LogP contribution in [0.1, 0.15) is 17.0 Å². The van der Waals surface area contributed by atoms with Crippen molar-refractivity contribution >= 4 is 17.2 Å². The highest BCUT2D eigenvalue weighted by molar-refractivity contribution is 6.30. The Hall–Kier alpha value is -3.31. The van der Waals surface area contributed by atoms with Crippen LogP contribution in [0.5, 0.6) is 0 Å². The van der Waals surface area contributed by atoms with E-state index in [1.54, 1.807) is 24.5 Å². The molecular formula is C22H14ClFN4. The van der Waals surface area contributed by atoms with Crippen LogP contribution in [0.4, 0.5) is 4.39 Å². The Kier molecular flexibility index (Phi) is 4.02. The predicted octanol–water partition coefficient (Wildman–Crippen LogP) is 5.11. The lowest BCUT2D eigenvalue weighted by molar-refractivity contribution is 0.624. The molecule has 2 aromatic heterocycles. The first kappa shape index (κ1) is 16.8. The summed E-state index contributed by atoms with van der Waals surface area (Å²) < 4.78 is 16.6. The Morgan fingerprint density at radius 2 is 1.75 bits per heavy atom. The van der Waals surface area contributed by atoms with Gasteiger partial charge in [0.25, 0.3) is 0 Å². The van der Waals surface area contributed by atoms with Crippen LogP contribution >= 0.6 is 11.6 Å². The molecule has 0 atom stereocenters. The van der Waals surface area contributed by atoms with E-state index in [0.717, 1.165) is 28.2 Å². The van der Waals surface area contributed by atoms with Crippen molar-refractivity contribution in [1.29, 1.82) is 0 Å². The summed E-state index contributed by atoms with van der Waals surface area (Å²) in [6.45, 7) is 0. The van der Waals surface area contributed by atoms with Gasteiger partial charge in [0.15, 0.2) is 5.82 Å². The SMILES string of the molecule is Fc1ccccc1C1=CCc2nnc(-c3ccncc3)n2-c2ccc(Cl)cc21. The van der Waals surface area contributed by atoms with Crippen molar-refractivity contribution in [3.63, 3.8) is 0 Å². The molecule has 6 heteroatoms. The zero-order valence-electron chi connectivity index (χ0n) is 14.7. The van der Waals surface area contributed by atoms with Gasteiger partial charge in [-0.3, -0.25) is 9.55 Å². The van der Waals surface area contributed by atoms with Crippen molar-refractivity contribution in [2.75, 3.05) is 0 Å². The van der Waals surface area contributed by atoms with E-state index in [1.807, 2.05) is 47.0 Å². The summed E-state index contributed by atoms with van der Waals surface area (Å²) in [4.78, 5) is 4.08. The summed E-state index contributed by atoms with van der Waals surface area (Å²) in [5, 5.41) is 9.37. The average Bonchev–Trinajstić information content (AvgIpc) is 3.07. The Balaban J connectivity index is 1.78. The lowest BCUT2D eigenvalue weighted by Gasteiger charge is -2.15. The van der Waals surface area contributed by atoms with Crippen LogP contribution in [0.3, 0.4) is 0 Å². The van der Waals surface area contributed by atoms with Gasteiger partial charge >= 0.3 is 0 Å². The highest BCUT2D eigenvalue weighted by Gasteiger charge is 2.23. The second-order valence-corrected chi connectivity index (χ2v) is 6.91. The number of aromatic nitrogens is 4. The first-order valence-corrected chi connectivity index (χ1v) is 9.20. The predicted molar refractivity (Wildman–Crippen MR) is 107 cm³/mol. The standard InChI is InChI=1S/C22H14ClFN4/c23-15-5-7-20-18(13-15)16(17-3-1-2-4-19(17)24)6-8-21-26-27-22(28(20)21)14-9-11-25-12-10-14/h1-7,9-13H,8H2. The van der Waals surface area contributed by atoms with Gasteiger partial charge in [-0.1, -0.05) is 35.9 Å². The molecule has 3 heterocycles. The van der Waals surface area contributed by atoms with E-state index in [-0.39, 0.29) is 5.82 Å².